The molecule has 2 heterocycles. The van der Waals surface area contributed by atoms with E-state index < -0.39 is 0 Å². The number of carbonyl (C=O) groups is 2. The van der Waals surface area contributed by atoms with Crippen LogP contribution in [-0.2, 0) is 16.1 Å². The maximum atomic E-state index is 12.6. The number of hydrogen-bond acceptors (Lipinski definition) is 3. The van der Waals surface area contributed by atoms with Gasteiger partial charge in [-0.3, -0.25) is 9.59 Å². The number of aryl methyl sites for hydroxylation is 1. The van der Waals surface area contributed by atoms with Gasteiger partial charge in [0.25, 0.3) is 0 Å². The van der Waals surface area contributed by atoms with E-state index in [0.717, 1.165) is 22.6 Å². The maximum absolute atomic E-state index is 12.6. The number of anilines is 1. The molecular formula is C22H22N4O2. The number of carbonyl (C=O) groups excluding carboxylic acids is 2. The molecule has 2 amide bonds. The van der Waals surface area contributed by atoms with E-state index in [2.05, 4.69) is 10.3 Å². The lowest BCUT2D eigenvalue weighted by molar-refractivity contribution is -0.122. The Hall–Kier alpha value is -3.41. The minimum Gasteiger partial charge on any atom is -0.349 e. The molecule has 2 aromatic carbocycles. The van der Waals surface area contributed by atoms with Crippen LogP contribution in [-0.4, -0.2) is 34.0 Å². The van der Waals surface area contributed by atoms with E-state index in [1.54, 1.807) is 17.3 Å². The zero-order chi connectivity index (χ0) is 19.5. The first-order valence-electron chi connectivity index (χ1n) is 9.33. The van der Waals surface area contributed by atoms with Gasteiger partial charge in [0, 0.05) is 36.6 Å². The first-order valence-corrected chi connectivity index (χ1v) is 9.33. The van der Waals surface area contributed by atoms with E-state index in [0.29, 0.717) is 13.0 Å². The van der Waals surface area contributed by atoms with Gasteiger partial charge in [0.05, 0.1) is 6.04 Å². The van der Waals surface area contributed by atoms with Crippen molar-refractivity contribution in [1.82, 2.24) is 14.9 Å². The molecule has 6 heteroatoms. The molecule has 1 aliphatic heterocycles. The quantitative estimate of drug-likeness (QED) is 0.747. The van der Waals surface area contributed by atoms with Gasteiger partial charge in [-0.25, -0.2) is 4.98 Å². The van der Waals surface area contributed by atoms with Crippen LogP contribution in [0.1, 0.15) is 12.0 Å². The van der Waals surface area contributed by atoms with E-state index in [1.807, 2.05) is 66.1 Å². The Balaban J connectivity index is 1.40. The number of amides is 2. The molecule has 6 nitrogen and oxygen atoms in total. The number of hydrogen-bond donors (Lipinski definition) is 1. The van der Waals surface area contributed by atoms with Crippen molar-refractivity contribution in [3.05, 3.63) is 72.6 Å². The number of nitrogens with zero attached hydrogens (tertiary/aromatic N) is 3. The first kappa shape index (κ1) is 18.0. The van der Waals surface area contributed by atoms with E-state index in [4.69, 9.17) is 0 Å². The first-order chi connectivity index (χ1) is 13.6. The van der Waals surface area contributed by atoms with Gasteiger partial charge < -0.3 is 14.8 Å². The lowest BCUT2D eigenvalue weighted by atomic mass is 10.2. The van der Waals surface area contributed by atoms with E-state index in [1.165, 1.54) is 0 Å². The highest BCUT2D eigenvalue weighted by atomic mass is 16.2. The van der Waals surface area contributed by atoms with Gasteiger partial charge in [0.15, 0.2) is 0 Å². The fourth-order valence-electron chi connectivity index (χ4n) is 3.56. The summed E-state index contributed by atoms with van der Waals surface area (Å²) in [5.41, 5.74) is 2.94. The van der Waals surface area contributed by atoms with Crippen LogP contribution in [0, 0.1) is 6.92 Å². The van der Waals surface area contributed by atoms with Gasteiger partial charge in [0.1, 0.15) is 12.4 Å². The van der Waals surface area contributed by atoms with Crippen molar-refractivity contribution >= 4 is 17.5 Å². The Bertz CT molecular complexity index is 997. The van der Waals surface area contributed by atoms with Gasteiger partial charge in [-0.1, -0.05) is 42.5 Å². The Kier molecular flexibility index (Phi) is 4.93. The Morgan fingerprint density at radius 2 is 2.00 bits per heavy atom. The van der Waals surface area contributed by atoms with Crippen molar-refractivity contribution in [2.45, 2.75) is 25.9 Å². The van der Waals surface area contributed by atoms with Gasteiger partial charge in [-0.15, -0.1) is 0 Å². The molecule has 1 fully saturated rings. The number of nitrogens with one attached hydrogen (secondary N) is 1. The van der Waals surface area contributed by atoms with Crippen molar-refractivity contribution in [3.8, 4) is 11.4 Å². The molecule has 0 radical (unpaired) electrons. The standard InChI is InChI=1S/C22H22N4O2/c1-16-6-5-9-19(12-16)26-14-18(13-21(26)28)24-20(27)15-25-11-10-23-22(25)17-7-3-2-4-8-17/h2-12,18H,13-15H2,1H3,(H,24,27). The highest BCUT2D eigenvalue weighted by Crippen LogP contribution is 2.22. The van der Waals surface area contributed by atoms with Crippen LogP contribution in [0.25, 0.3) is 11.4 Å². The molecule has 28 heavy (non-hydrogen) atoms. The molecule has 0 aliphatic carbocycles. The lowest BCUT2D eigenvalue weighted by Crippen LogP contribution is -2.39. The molecule has 0 saturated carbocycles. The summed E-state index contributed by atoms with van der Waals surface area (Å²) >= 11 is 0. The van der Waals surface area contributed by atoms with E-state index in [-0.39, 0.29) is 24.4 Å². The predicted molar refractivity (Wildman–Crippen MR) is 108 cm³/mol. The fraction of sp³-hybridized carbons (Fsp3) is 0.227. The summed E-state index contributed by atoms with van der Waals surface area (Å²) in [4.78, 5) is 31.1. The van der Waals surface area contributed by atoms with Gasteiger partial charge in [-0.05, 0) is 24.6 Å². The normalized spacial score (nSPS) is 16.4. The third-order valence-electron chi connectivity index (χ3n) is 4.86. The van der Waals surface area contributed by atoms with Crippen molar-refractivity contribution in [2.75, 3.05) is 11.4 Å². The Morgan fingerprint density at radius 1 is 1.18 bits per heavy atom. The average molecular weight is 374 g/mol. The molecule has 1 atom stereocenters. The number of aromatic nitrogens is 2. The minimum atomic E-state index is -0.191. The van der Waals surface area contributed by atoms with Crippen LogP contribution in [0.2, 0.25) is 0 Å². The zero-order valence-corrected chi connectivity index (χ0v) is 15.7. The predicted octanol–water partition coefficient (Wildman–Crippen LogP) is 2.78. The van der Waals surface area contributed by atoms with E-state index in [9.17, 15) is 9.59 Å². The lowest BCUT2D eigenvalue weighted by Gasteiger charge is -2.18. The minimum absolute atomic E-state index is 0.0310. The van der Waals surface area contributed by atoms with Crippen molar-refractivity contribution in [3.63, 3.8) is 0 Å². The van der Waals surface area contributed by atoms with Crippen molar-refractivity contribution < 1.29 is 9.59 Å². The largest absolute Gasteiger partial charge is 0.349 e. The molecule has 3 aromatic rings. The van der Waals surface area contributed by atoms with Gasteiger partial charge >= 0.3 is 0 Å². The van der Waals surface area contributed by atoms with Gasteiger partial charge in [-0.2, -0.15) is 0 Å². The summed E-state index contributed by atoms with van der Waals surface area (Å²) in [7, 11) is 0. The third-order valence-corrected chi connectivity index (χ3v) is 4.86. The summed E-state index contributed by atoms with van der Waals surface area (Å²) in [6, 6.07) is 17.4. The Morgan fingerprint density at radius 3 is 2.79 bits per heavy atom. The van der Waals surface area contributed by atoms with Crippen molar-refractivity contribution in [1.29, 1.82) is 0 Å². The monoisotopic (exact) mass is 374 g/mol. The SMILES string of the molecule is Cc1cccc(N2CC(NC(=O)Cn3ccnc3-c3ccccc3)CC2=O)c1. The Labute approximate surface area is 163 Å². The second-order valence-corrected chi connectivity index (χ2v) is 7.06. The van der Waals surface area contributed by atoms with Crippen LogP contribution in [0.3, 0.4) is 0 Å². The molecule has 0 bridgehead atoms. The second-order valence-electron chi connectivity index (χ2n) is 7.06. The highest BCUT2D eigenvalue weighted by Gasteiger charge is 2.31. The van der Waals surface area contributed by atoms with Crippen LogP contribution in [0.5, 0.6) is 0 Å². The smallest absolute Gasteiger partial charge is 0.240 e. The molecular weight excluding hydrogens is 352 g/mol. The molecule has 1 saturated heterocycles. The maximum Gasteiger partial charge on any atom is 0.240 e. The second kappa shape index (κ2) is 7.68. The van der Waals surface area contributed by atoms with Crippen LogP contribution in [0.15, 0.2) is 67.0 Å². The highest BCUT2D eigenvalue weighted by molar-refractivity contribution is 5.97. The molecule has 1 unspecified atom stereocenters. The van der Waals surface area contributed by atoms with E-state index >= 15 is 0 Å². The van der Waals surface area contributed by atoms with Gasteiger partial charge in [0.2, 0.25) is 11.8 Å². The number of rotatable bonds is 5. The van der Waals surface area contributed by atoms with Crippen LogP contribution in [0.4, 0.5) is 5.69 Å². The number of benzene rings is 2. The summed E-state index contributed by atoms with van der Waals surface area (Å²) < 4.78 is 1.82. The molecule has 1 aromatic heterocycles. The van der Waals surface area contributed by atoms with Crippen molar-refractivity contribution in [2.24, 2.45) is 0 Å². The molecule has 1 aliphatic rings. The topological polar surface area (TPSA) is 67.2 Å². The summed E-state index contributed by atoms with van der Waals surface area (Å²) in [6.07, 6.45) is 3.80. The van der Waals surface area contributed by atoms with Crippen LogP contribution >= 0.6 is 0 Å². The zero-order valence-electron chi connectivity index (χ0n) is 15.7. The fourth-order valence-corrected chi connectivity index (χ4v) is 3.56. The summed E-state index contributed by atoms with van der Waals surface area (Å²) in [5.74, 6) is 0.655. The molecule has 0 spiro atoms. The van der Waals surface area contributed by atoms with Crippen LogP contribution < -0.4 is 10.2 Å². The summed E-state index contributed by atoms with van der Waals surface area (Å²) in [6.45, 7) is 2.65. The molecule has 1 N–H and O–H groups in total. The molecule has 142 valence electrons. The number of imidazole rings is 1. The third kappa shape index (κ3) is 3.81. The molecule has 4 rings (SSSR count). The summed E-state index contributed by atoms with van der Waals surface area (Å²) in [5, 5.41) is 2.99. The average Bonchev–Trinajstić information content (AvgIpc) is 3.28.